The summed E-state index contributed by atoms with van der Waals surface area (Å²) in [5.74, 6) is -1.82. The second-order valence-electron chi connectivity index (χ2n) is 2.81. The fourth-order valence-corrected chi connectivity index (χ4v) is 1.83. The van der Waals surface area contributed by atoms with Crippen molar-refractivity contribution in [1.29, 1.82) is 0 Å². The van der Waals surface area contributed by atoms with E-state index < -0.39 is 11.6 Å². The lowest BCUT2D eigenvalue weighted by atomic mass is 10.2. The number of hydrogen-bond donors (Lipinski definition) is 0. The molecule has 0 spiro atoms. The van der Waals surface area contributed by atoms with Gasteiger partial charge in [0, 0.05) is 11.8 Å². The highest BCUT2D eigenvalue weighted by molar-refractivity contribution is 7.16. The van der Waals surface area contributed by atoms with Crippen LogP contribution in [0.4, 0.5) is 8.78 Å². The summed E-state index contributed by atoms with van der Waals surface area (Å²) >= 11 is 1.13. The fourth-order valence-electron chi connectivity index (χ4n) is 1.10. The number of hydrogen-bond acceptors (Lipinski definition) is 3. The normalized spacial score (nSPS) is 10.3. The van der Waals surface area contributed by atoms with E-state index in [0.717, 1.165) is 23.5 Å². The van der Waals surface area contributed by atoms with Crippen molar-refractivity contribution in [3.05, 3.63) is 40.9 Å². The van der Waals surface area contributed by atoms with Crippen LogP contribution in [0, 0.1) is 11.6 Å². The molecule has 2 rings (SSSR count). The monoisotopic (exact) mass is 225 g/mol. The molecule has 2 nitrogen and oxygen atoms in total. The summed E-state index contributed by atoms with van der Waals surface area (Å²) < 4.78 is 25.5. The van der Waals surface area contributed by atoms with Crippen LogP contribution in [-0.4, -0.2) is 11.3 Å². The number of nitrogens with zero attached hydrogens (tertiary/aromatic N) is 1. The van der Waals surface area contributed by atoms with Gasteiger partial charge >= 0.3 is 0 Å². The molecule has 0 aliphatic rings. The molecule has 0 bridgehead atoms. The van der Waals surface area contributed by atoms with Crippen LogP contribution in [0.3, 0.4) is 0 Å². The van der Waals surface area contributed by atoms with Crippen molar-refractivity contribution in [2.45, 2.75) is 0 Å². The molecule has 0 amide bonds. The Hall–Kier alpha value is -1.62. The topological polar surface area (TPSA) is 30.0 Å². The Morgan fingerprint density at radius 3 is 2.67 bits per heavy atom. The van der Waals surface area contributed by atoms with Gasteiger partial charge in [0.2, 0.25) is 0 Å². The first-order chi connectivity index (χ1) is 7.20. The van der Waals surface area contributed by atoms with Crippen molar-refractivity contribution < 1.29 is 13.6 Å². The minimum atomic E-state index is -0.921. The Bertz CT molecular complexity index is 510. The van der Waals surface area contributed by atoms with Crippen molar-refractivity contribution in [1.82, 2.24) is 4.98 Å². The van der Waals surface area contributed by atoms with Crippen molar-refractivity contribution in [3.63, 3.8) is 0 Å². The zero-order valence-electron chi connectivity index (χ0n) is 7.41. The van der Waals surface area contributed by atoms with E-state index in [1.165, 1.54) is 12.3 Å². The molecule has 0 atom stereocenters. The van der Waals surface area contributed by atoms with Gasteiger partial charge in [-0.1, -0.05) is 0 Å². The van der Waals surface area contributed by atoms with E-state index in [2.05, 4.69) is 4.98 Å². The molecule has 1 heterocycles. The van der Waals surface area contributed by atoms with Crippen molar-refractivity contribution in [2.24, 2.45) is 0 Å². The lowest BCUT2D eigenvalue weighted by Gasteiger charge is -1.96. The van der Waals surface area contributed by atoms with E-state index in [9.17, 15) is 13.6 Å². The van der Waals surface area contributed by atoms with E-state index in [1.54, 1.807) is 0 Å². The quantitative estimate of drug-likeness (QED) is 0.735. The molecule has 1 aromatic heterocycles. The van der Waals surface area contributed by atoms with Gasteiger partial charge in [-0.15, -0.1) is 11.3 Å². The van der Waals surface area contributed by atoms with Gasteiger partial charge < -0.3 is 0 Å². The highest BCUT2D eigenvalue weighted by Gasteiger charge is 2.07. The van der Waals surface area contributed by atoms with Gasteiger partial charge in [0.05, 0.1) is 4.88 Å². The maximum atomic E-state index is 12.9. The number of carbonyl (C=O) groups is 1. The molecular formula is C10H5F2NOS. The lowest BCUT2D eigenvalue weighted by Crippen LogP contribution is -1.84. The molecule has 2 aromatic rings. The maximum absolute atomic E-state index is 12.9. The molecule has 0 N–H and O–H groups in total. The molecule has 0 fully saturated rings. The van der Waals surface area contributed by atoms with Crippen LogP contribution in [0.5, 0.6) is 0 Å². The Balaban J connectivity index is 2.44. The molecule has 15 heavy (non-hydrogen) atoms. The van der Waals surface area contributed by atoms with Gasteiger partial charge in [-0.25, -0.2) is 13.8 Å². The molecular weight excluding hydrogens is 220 g/mol. The average molecular weight is 225 g/mol. The number of aldehydes is 1. The standard InChI is InChI=1S/C10H5F2NOS/c11-8-2-1-6(3-9(8)12)10-13-4-7(5-14)15-10/h1-5H. The highest BCUT2D eigenvalue weighted by atomic mass is 32.1. The number of halogens is 2. The Kier molecular flexibility index (Phi) is 2.55. The maximum Gasteiger partial charge on any atom is 0.161 e. The minimum absolute atomic E-state index is 0.453. The summed E-state index contributed by atoms with van der Waals surface area (Å²) in [5, 5.41) is 0.496. The molecule has 0 radical (unpaired) electrons. The molecule has 1 aromatic carbocycles. The first-order valence-electron chi connectivity index (χ1n) is 4.07. The second-order valence-corrected chi connectivity index (χ2v) is 3.88. The third-order valence-corrected chi connectivity index (χ3v) is 2.78. The average Bonchev–Trinajstić information content (AvgIpc) is 2.70. The van der Waals surface area contributed by atoms with Crippen LogP contribution in [0.25, 0.3) is 10.6 Å². The molecule has 5 heteroatoms. The van der Waals surface area contributed by atoms with E-state index in [1.807, 2.05) is 0 Å². The molecule has 0 saturated carbocycles. The van der Waals surface area contributed by atoms with Gasteiger partial charge in [0.25, 0.3) is 0 Å². The SMILES string of the molecule is O=Cc1cnc(-c2ccc(F)c(F)c2)s1. The number of thiazole rings is 1. The molecule has 0 aliphatic carbocycles. The van der Waals surface area contributed by atoms with E-state index >= 15 is 0 Å². The van der Waals surface area contributed by atoms with Crippen LogP contribution in [0.15, 0.2) is 24.4 Å². The fraction of sp³-hybridized carbons (Fsp3) is 0. The van der Waals surface area contributed by atoms with Crippen LogP contribution in [0.2, 0.25) is 0 Å². The van der Waals surface area contributed by atoms with Gasteiger partial charge in [0.1, 0.15) is 5.01 Å². The third kappa shape index (κ3) is 1.92. The van der Waals surface area contributed by atoms with E-state index in [0.29, 0.717) is 21.7 Å². The smallest absolute Gasteiger partial charge is 0.161 e. The van der Waals surface area contributed by atoms with Crippen LogP contribution in [-0.2, 0) is 0 Å². The first kappa shape index (κ1) is 9.92. The summed E-state index contributed by atoms with van der Waals surface area (Å²) in [4.78, 5) is 14.8. The summed E-state index contributed by atoms with van der Waals surface area (Å²) in [7, 11) is 0. The molecule has 0 aliphatic heterocycles. The summed E-state index contributed by atoms with van der Waals surface area (Å²) in [6.45, 7) is 0. The number of aromatic nitrogens is 1. The zero-order valence-corrected chi connectivity index (χ0v) is 8.22. The minimum Gasteiger partial charge on any atom is -0.297 e. The summed E-state index contributed by atoms with van der Waals surface area (Å²) in [5.41, 5.74) is 0.465. The van der Waals surface area contributed by atoms with Gasteiger partial charge in [-0.2, -0.15) is 0 Å². The largest absolute Gasteiger partial charge is 0.297 e. The van der Waals surface area contributed by atoms with Gasteiger partial charge in [-0.05, 0) is 18.2 Å². The molecule has 76 valence electrons. The van der Waals surface area contributed by atoms with Crippen LogP contribution in [0.1, 0.15) is 9.67 Å². The summed E-state index contributed by atoms with van der Waals surface area (Å²) in [6, 6.07) is 3.52. The Labute approximate surface area is 88.2 Å². The zero-order chi connectivity index (χ0) is 10.8. The van der Waals surface area contributed by atoms with Crippen molar-refractivity contribution >= 4 is 17.6 Å². The third-order valence-electron chi connectivity index (χ3n) is 1.81. The van der Waals surface area contributed by atoms with Crippen LogP contribution < -0.4 is 0 Å². The Morgan fingerprint density at radius 1 is 1.27 bits per heavy atom. The number of rotatable bonds is 2. The van der Waals surface area contributed by atoms with E-state index in [4.69, 9.17) is 0 Å². The lowest BCUT2D eigenvalue weighted by molar-refractivity contribution is 0.112. The Morgan fingerprint density at radius 2 is 2.07 bits per heavy atom. The molecule has 0 saturated heterocycles. The first-order valence-corrected chi connectivity index (χ1v) is 4.89. The second kappa shape index (κ2) is 3.86. The highest BCUT2D eigenvalue weighted by Crippen LogP contribution is 2.25. The van der Waals surface area contributed by atoms with Crippen LogP contribution >= 0.6 is 11.3 Å². The van der Waals surface area contributed by atoms with E-state index in [-0.39, 0.29) is 0 Å². The van der Waals surface area contributed by atoms with Gasteiger partial charge in [-0.3, -0.25) is 4.79 Å². The van der Waals surface area contributed by atoms with Crippen molar-refractivity contribution in [2.75, 3.05) is 0 Å². The predicted octanol–water partition coefficient (Wildman–Crippen LogP) is 2.90. The van der Waals surface area contributed by atoms with Gasteiger partial charge in [0.15, 0.2) is 17.9 Å². The number of carbonyl (C=O) groups excluding carboxylic acids is 1. The summed E-state index contributed by atoms with van der Waals surface area (Å²) in [6.07, 6.45) is 2.06. The van der Waals surface area contributed by atoms with Crippen molar-refractivity contribution in [3.8, 4) is 10.6 Å². The number of benzene rings is 1. The predicted molar refractivity (Wildman–Crippen MR) is 52.9 cm³/mol. The molecule has 0 unspecified atom stereocenters.